The van der Waals surface area contributed by atoms with Gasteiger partial charge in [-0.1, -0.05) is 31.0 Å². The van der Waals surface area contributed by atoms with Gasteiger partial charge >= 0.3 is 12.1 Å². The third-order valence-electron chi connectivity index (χ3n) is 7.48. The Balaban J connectivity index is 1.60. The molecule has 2 aromatic rings. The van der Waals surface area contributed by atoms with Crippen molar-refractivity contribution in [3.8, 4) is 11.3 Å². The summed E-state index contributed by atoms with van der Waals surface area (Å²) in [6.07, 6.45) is 1.23. The lowest BCUT2D eigenvalue weighted by Gasteiger charge is -2.29. The predicted octanol–water partition coefficient (Wildman–Crippen LogP) is 5.92. The van der Waals surface area contributed by atoms with Crippen LogP contribution in [0.25, 0.3) is 11.3 Å². The molecule has 41 heavy (non-hydrogen) atoms. The van der Waals surface area contributed by atoms with E-state index < -0.39 is 35.3 Å². The quantitative estimate of drug-likeness (QED) is 0.374. The van der Waals surface area contributed by atoms with Crippen molar-refractivity contribution in [3.05, 3.63) is 41.6 Å². The third-order valence-corrected chi connectivity index (χ3v) is 7.48. The summed E-state index contributed by atoms with van der Waals surface area (Å²) in [6, 6.07) is 5.93. The van der Waals surface area contributed by atoms with Crippen LogP contribution in [0.5, 0.6) is 0 Å². The number of nitrogens with one attached hydrogen (secondary N) is 1. The highest BCUT2D eigenvalue weighted by molar-refractivity contribution is 5.94. The topological polar surface area (TPSA) is 93.5 Å². The number of hydrogen-bond acceptors (Lipinski definition) is 5. The number of halogens is 3. The number of amides is 2. The molecule has 0 bridgehead atoms. The van der Waals surface area contributed by atoms with Crippen molar-refractivity contribution in [2.45, 2.75) is 102 Å². The lowest BCUT2D eigenvalue weighted by molar-refractivity contribution is -0.155. The minimum Gasteiger partial charge on any atom is -0.460 e. The molecule has 1 aliphatic heterocycles. The molecular weight excluding hydrogens is 537 g/mol. The number of carbonyl (C=O) groups excluding carboxylic acids is 3. The molecule has 1 atom stereocenters. The van der Waals surface area contributed by atoms with E-state index in [9.17, 15) is 27.6 Å². The first-order valence-corrected chi connectivity index (χ1v) is 14.4. The number of hydrogen-bond donors (Lipinski definition) is 1. The first-order chi connectivity index (χ1) is 19.3. The van der Waals surface area contributed by atoms with Crippen LogP contribution >= 0.6 is 0 Å². The van der Waals surface area contributed by atoms with E-state index in [2.05, 4.69) is 10.4 Å². The van der Waals surface area contributed by atoms with E-state index in [4.69, 9.17) is 4.74 Å². The van der Waals surface area contributed by atoms with Gasteiger partial charge in [-0.25, -0.2) is 0 Å². The lowest BCUT2D eigenvalue weighted by atomic mass is 10.0. The van der Waals surface area contributed by atoms with E-state index in [1.807, 2.05) is 0 Å². The van der Waals surface area contributed by atoms with Gasteiger partial charge in [0.15, 0.2) is 5.69 Å². The molecule has 1 aliphatic carbocycles. The third kappa shape index (κ3) is 8.10. The highest BCUT2D eigenvalue weighted by atomic mass is 19.4. The molecule has 8 nitrogen and oxygen atoms in total. The number of rotatable bonds is 9. The summed E-state index contributed by atoms with van der Waals surface area (Å²) < 4.78 is 48.7. The zero-order valence-corrected chi connectivity index (χ0v) is 23.9. The Labute approximate surface area is 238 Å². The average Bonchev–Trinajstić information content (AvgIpc) is 3.57. The van der Waals surface area contributed by atoms with Crippen LogP contribution < -0.4 is 5.32 Å². The van der Waals surface area contributed by atoms with Gasteiger partial charge in [-0.3, -0.25) is 19.1 Å². The van der Waals surface area contributed by atoms with Crippen molar-refractivity contribution in [1.29, 1.82) is 0 Å². The molecule has 1 saturated carbocycles. The minimum atomic E-state index is -4.58. The molecule has 0 unspecified atom stereocenters. The van der Waals surface area contributed by atoms with Crippen molar-refractivity contribution in [1.82, 2.24) is 20.0 Å². The fourth-order valence-electron chi connectivity index (χ4n) is 5.57. The van der Waals surface area contributed by atoms with E-state index >= 15 is 0 Å². The van der Waals surface area contributed by atoms with Gasteiger partial charge in [0.25, 0.3) is 5.91 Å². The summed E-state index contributed by atoms with van der Waals surface area (Å²) in [5, 5.41) is 7.36. The molecule has 1 N–H and O–H groups in total. The van der Waals surface area contributed by atoms with Gasteiger partial charge in [0, 0.05) is 31.1 Å². The van der Waals surface area contributed by atoms with Gasteiger partial charge in [0.1, 0.15) is 5.60 Å². The van der Waals surface area contributed by atoms with Gasteiger partial charge in [0.2, 0.25) is 5.91 Å². The number of carbonyl (C=O) groups is 3. The highest BCUT2D eigenvalue weighted by Crippen LogP contribution is 2.40. The fourth-order valence-corrected chi connectivity index (χ4v) is 5.57. The number of benzene rings is 1. The second-order valence-electron chi connectivity index (χ2n) is 11.9. The molecule has 2 amide bonds. The molecular formula is C30H39F3N4O4. The summed E-state index contributed by atoms with van der Waals surface area (Å²) in [4.78, 5) is 40.2. The predicted molar refractivity (Wildman–Crippen MR) is 147 cm³/mol. The van der Waals surface area contributed by atoms with Gasteiger partial charge in [-0.05, 0) is 65.0 Å². The van der Waals surface area contributed by atoms with Crippen LogP contribution in [0.2, 0.25) is 0 Å². The molecule has 2 heterocycles. The van der Waals surface area contributed by atoms with Crippen molar-refractivity contribution in [2.75, 3.05) is 13.1 Å². The van der Waals surface area contributed by atoms with E-state index in [0.717, 1.165) is 44.6 Å². The highest BCUT2D eigenvalue weighted by Gasteiger charge is 2.35. The maximum Gasteiger partial charge on any atom is 0.417 e. The number of ether oxygens (including phenoxy) is 1. The van der Waals surface area contributed by atoms with E-state index in [1.54, 1.807) is 30.4 Å². The number of aromatic nitrogens is 2. The first-order valence-electron chi connectivity index (χ1n) is 14.4. The van der Waals surface area contributed by atoms with Crippen LogP contribution in [0.1, 0.15) is 101 Å². The fraction of sp³-hybridized carbons (Fsp3) is 0.600. The lowest BCUT2D eigenvalue weighted by Crippen LogP contribution is -2.43. The smallest absolute Gasteiger partial charge is 0.417 e. The molecule has 4 rings (SSSR count). The van der Waals surface area contributed by atoms with E-state index in [0.29, 0.717) is 25.9 Å². The van der Waals surface area contributed by atoms with Gasteiger partial charge in [0.05, 0.1) is 23.7 Å². The zero-order chi connectivity index (χ0) is 29.8. The Morgan fingerprint density at radius 3 is 2.46 bits per heavy atom. The number of likely N-dealkylation sites (tertiary alicyclic amines) is 1. The molecule has 0 spiro atoms. The van der Waals surface area contributed by atoms with Crippen LogP contribution in [0.4, 0.5) is 13.2 Å². The van der Waals surface area contributed by atoms with Crippen LogP contribution in [0.15, 0.2) is 30.3 Å². The second kappa shape index (κ2) is 12.7. The number of piperidine rings is 1. The van der Waals surface area contributed by atoms with Crippen LogP contribution in [0, 0.1) is 0 Å². The maximum absolute atomic E-state index is 13.9. The molecule has 224 valence electrons. The summed E-state index contributed by atoms with van der Waals surface area (Å²) in [7, 11) is 0. The van der Waals surface area contributed by atoms with Crippen molar-refractivity contribution < 1.29 is 32.3 Å². The molecule has 1 aromatic heterocycles. The normalized spacial score (nSPS) is 17.5. The second-order valence-corrected chi connectivity index (χ2v) is 11.9. The molecule has 1 saturated heterocycles. The Bertz CT molecular complexity index is 1250. The van der Waals surface area contributed by atoms with E-state index in [-0.39, 0.29) is 35.3 Å². The monoisotopic (exact) mass is 576 g/mol. The van der Waals surface area contributed by atoms with Crippen LogP contribution in [0.3, 0.4) is 0 Å². The van der Waals surface area contributed by atoms with E-state index in [1.165, 1.54) is 24.3 Å². The largest absolute Gasteiger partial charge is 0.460 e. The Hall–Kier alpha value is -3.37. The Morgan fingerprint density at radius 1 is 1.10 bits per heavy atom. The average molecular weight is 577 g/mol. The summed E-state index contributed by atoms with van der Waals surface area (Å²) in [5.74, 6) is -1.04. The number of nitrogens with zero attached hydrogens (tertiary/aromatic N) is 3. The van der Waals surface area contributed by atoms with Gasteiger partial charge < -0.3 is 15.0 Å². The summed E-state index contributed by atoms with van der Waals surface area (Å²) in [6.45, 7) is 6.25. The van der Waals surface area contributed by atoms with Crippen LogP contribution in [-0.4, -0.2) is 57.2 Å². The summed E-state index contributed by atoms with van der Waals surface area (Å²) >= 11 is 0. The number of alkyl halides is 3. The molecule has 2 fully saturated rings. The maximum atomic E-state index is 13.9. The van der Waals surface area contributed by atoms with Crippen LogP contribution in [-0.2, 0) is 20.5 Å². The van der Waals surface area contributed by atoms with Gasteiger partial charge in [-0.15, -0.1) is 0 Å². The number of esters is 1. The first kappa shape index (κ1) is 30.6. The molecule has 0 radical (unpaired) electrons. The standard InChI is InChI=1S/C30H39F3N4O4/c1-29(2,3)41-27(39)18-20(15-17-36-16-9-8-14-26(36)38)34-28(40)24-19-25(37(35-24)21-10-4-5-11-21)22-12-6-7-13-23(22)30(31,32)33/h6-7,12-13,19-21H,4-5,8-11,14-18H2,1-3H3,(H,34,40)/t20-/m0/s1. The molecule has 11 heteroatoms. The zero-order valence-electron chi connectivity index (χ0n) is 23.9. The summed E-state index contributed by atoms with van der Waals surface area (Å²) in [5.41, 5.74) is -1.33. The van der Waals surface area contributed by atoms with Crippen molar-refractivity contribution in [3.63, 3.8) is 0 Å². The molecule has 2 aliphatic rings. The Morgan fingerprint density at radius 2 is 1.80 bits per heavy atom. The SMILES string of the molecule is CC(C)(C)OC(=O)C[C@H](CCN1CCCCC1=O)NC(=O)c1cc(-c2ccccc2C(F)(F)F)n(C2CCCC2)n1. The Kier molecular flexibility index (Phi) is 9.44. The van der Waals surface area contributed by atoms with Crippen molar-refractivity contribution in [2.24, 2.45) is 0 Å². The molecule has 1 aromatic carbocycles. The van der Waals surface area contributed by atoms with Gasteiger partial charge in [-0.2, -0.15) is 18.3 Å². The minimum absolute atomic E-state index is 0.0212. The van der Waals surface area contributed by atoms with Crippen molar-refractivity contribution >= 4 is 17.8 Å².